The van der Waals surface area contributed by atoms with Gasteiger partial charge < -0.3 is 9.64 Å². The molecule has 0 aromatic rings. The zero-order valence-electron chi connectivity index (χ0n) is 6.09. The Hall–Kier alpha value is -0.870. The van der Waals surface area contributed by atoms with E-state index in [0.717, 1.165) is 0 Å². The first-order valence-corrected chi connectivity index (χ1v) is 3.39. The van der Waals surface area contributed by atoms with Crippen molar-refractivity contribution in [3.05, 3.63) is 0 Å². The van der Waals surface area contributed by atoms with Gasteiger partial charge in [0.25, 0.3) is 6.43 Å². The van der Waals surface area contributed by atoms with E-state index in [-0.39, 0.29) is 6.54 Å². The minimum atomic E-state index is -2.57. The number of hydrogen-bond acceptors (Lipinski definition) is 2. The van der Waals surface area contributed by atoms with E-state index in [9.17, 15) is 13.6 Å². The monoisotopic (exact) mass is 165 g/mol. The highest BCUT2D eigenvalue weighted by atomic mass is 19.3. The Morgan fingerprint density at radius 1 is 1.82 bits per heavy atom. The van der Waals surface area contributed by atoms with Crippen molar-refractivity contribution in [2.24, 2.45) is 0 Å². The predicted octanol–water partition coefficient (Wildman–Crippen LogP) is 1.09. The van der Waals surface area contributed by atoms with Crippen LogP contribution in [0.1, 0.15) is 6.92 Å². The zero-order valence-corrected chi connectivity index (χ0v) is 6.09. The van der Waals surface area contributed by atoms with Gasteiger partial charge in [0.15, 0.2) is 6.10 Å². The largest absolute Gasteiger partial charge is 0.438 e. The van der Waals surface area contributed by atoms with Crippen LogP contribution in [-0.4, -0.2) is 36.6 Å². The molecule has 1 saturated heterocycles. The Bertz CT molecular complexity index is 163. The van der Waals surface area contributed by atoms with E-state index < -0.39 is 18.6 Å². The summed E-state index contributed by atoms with van der Waals surface area (Å²) in [5, 5.41) is 0. The number of hydrogen-bond donors (Lipinski definition) is 0. The molecule has 1 aliphatic heterocycles. The Kier molecular flexibility index (Phi) is 2.26. The second-order valence-electron chi connectivity index (χ2n) is 2.30. The minimum absolute atomic E-state index is 0.00694. The van der Waals surface area contributed by atoms with Gasteiger partial charge in [0.1, 0.15) is 0 Å². The van der Waals surface area contributed by atoms with Gasteiger partial charge in [0.2, 0.25) is 0 Å². The van der Waals surface area contributed by atoms with E-state index in [2.05, 4.69) is 4.74 Å². The summed E-state index contributed by atoms with van der Waals surface area (Å²) in [5.74, 6) is 0. The molecular formula is C6H9F2NO2. The second kappa shape index (κ2) is 3.02. The topological polar surface area (TPSA) is 29.5 Å². The predicted molar refractivity (Wildman–Crippen MR) is 33.5 cm³/mol. The molecule has 11 heavy (non-hydrogen) atoms. The standard InChI is InChI=1S/C6H9F2NO2/c1-2-9-3-4(5(7)8)11-6(9)10/h4-5H,2-3H2,1H3. The van der Waals surface area contributed by atoms with E-state index in [4.69, 9.17) is 0 Å². The van der Waals surface area contributed by atoms with Gasteiger partial charge in [-0.15, -0.1) is 0 Å². The van der Waals surface area contributed by atoms with Crippen LogP contribution in [0.5, 0.6) is 0 Å². The zero-order chi connectivity index (χ0) is 8.43. The molecule has 1 amide bonds. The first kappa shape index (κ1) is 8.23. The van der Waals surface area contributed by atoms with Crippen LogP contribution in [0.25, 0.3) is 0 Å². The fraction of sp³-hybridized carbons (Fsp3) is 0.833. The van der Waals surface area contributed by atoms with Crippen molar-refractivity contribution in [2.45, 2.75) is 19.5 Å². The summed E-state index contributed by atoms with van der Waals surface area (Å²) in [5.41, 5.74) is 0. The summed E-state index contributed by atoms with van der Waals surface area (Å²) in [6.45, 7) is 2.14. The maximum absolute atomic E-state index is 11.9. The van der Waals surface area contributed by atoms with Crippen molar-refractivity contribution in [3.8, 4) is 0 Å². The van der Waals surface area contributed by atoms with Crippen LogP contribution >= 0.6 is 0 Å². The van der Waals surface area contributed by atoms with Crippen LogP contribution in [0.15, 0.2) is 0 Å². The van der Waals surface area contributed by atoms with Crippen molar-refractivity contribution < 1.29 is 18.3 Å². The van der Waals surface area contributed by atoms with Crippen LogP contribution in [-0.2, 0) is 4.74 Å². The van der Waals surface area contributed by atoms with Crippen LogP contribution < -0.4 is 0 Å². The average Bonchev–Trinajstić information content (AvgIpc) is 2.31. The highest BCUT2D eigenvalue weighted by Gasteiger charge is 2.35. The number of alkyl halides is 2. The summed E-state index contributed by atoms with van der Waals surface area (Å²) in [6.07, 6.45) is -4.45. The molecule has 3 nitrogen and oxygen atoms in total. The highest BCUT2D eigenvalue weighted by molar-refractivity contribution is 5.69. The number of amides is 1. The summed E-state index contributed by atoms with van der Waals surface area (Å²) in [6, 6.07) is 0. The summed E-state index contributed by atoms with van der Waals surface area (Å²) < 4.78 is 28.2. The Morgan fingerprint density at radius 3 is 2.73 bits per heavy atom. The first-order chi connectivity index (χ1) is 5.15. The van der Waals surface area contributed by atoms with Crippen molar-refractivity contribution in [2.75, 3.05) is 13.1 Å². The fourth-order valence-electron chi connectivity index (χ4n) is 0.922. The lowest BCUT2D eigenvalue weighted by atomic mass is 10.4. The number of nitrogens with zero attached hydrogens (tertiary/aromatic N) is 1. The number of ether oxygens (including phenoxy) is 1. The molecule has 1 heterocycles. The van der Waals surface area contributed by atoms with Gasteiger partial charge >= 0.3 is 6.09 Å². The molecule has 5 heteroatoms. The number of carbonyl (C=O) groups is 1. The van der Waals surface area contributed by atoms with Gasteiger partial charge in [-0.2, -0.15) is 0 Å². The smallest absolute Gasteiger partial charge is 0.410 e. The van der Waals surface area contributed by atoms with Gasteiger partial charge in [-0.1, -0.05) is 0 Å². The van der Waals surface area contributed by atoms with E-state index in [0.29, 0.717) is 6.54 Å². The second-order valence-corrected chi connectivity index (χ2v) is 2.30. The Morgan fingerprint density at radius 2 is 2.45 bits per heavy atom. The van der Waals surface area contributed by atoms with Crippen molar-refractivity contribution in [1.29, 1.82) is 0 Å². The first-order valence-electron chi connectivity index (χ1n) is 3.39. The van der Waals surface area contributed by atoms with Gasteiger partial charge in [-0.25, -0.2) is 13.6 Å². The van der Waals surface area contributed by atoms with Gasteiger partial charge in [-0.05, 0) is 6.92 Å². The van der Waals surface area contributed by atoms with Crippen molar-refractivity contribution >= 4 is 6.09 Å². The SMILES string of the molecule is CCN1CC(C(F)F)OC1=O. The van der Waals surface area contributed by atoms with Gasteiger partial charge in [0.05, 0.1) is 6.54 Å². The molecule has 1 fully saturated rings. The molecule has 1 aliphatic rings. The van der Waals surface area contributed by atoms with E-state index in [1.807, 2.05) is 0 Å². The lowest BCUT2D eigenvalue weighted by molar-refractivity contribution is 0.0105. The molecule has 0 saturated carbocycles. The summed E-state index contributed by atoms with van der Waals surface area (Å²) >= 11 is 0. The lowest BCUT2D eigenvalue weighted by Gasteiger charge is -2.07. The molecule has 0 spiro atoms. The third-order valence-electron chi connectivity index (χ3n) is 1.57. The van der Waals surface area contributed by atoms with Gasteiger partial charge in [0, 0.05) is 6.54 Å². The number of likely N-dealkylation sites (N-methyl/N-ethyl adjacent to an activating group) is 1. The third-order valence-corrected chi connectivity index (χ3v) is 1.57. The van der Waals surface area contributed by atoms with E-state index >= 15 is 0 Å². The van der Waals surface area contributed by atoms with Crippen LogP contribution in [0, 0.1) is 0 Å². The fourth-order valence-corrected chi connectivity index (χ4v) is 0.922. The van der Waals surface area contributed by atoms with Crippen molar-refractivity contribution in [1.82, 2.24) is 4.90 Å². The number of cyclic esters (lactones) is 1. The maximum Gasteiger partial charge on any atom is 0.410 e. The Labute approximate surface area is 62.9 Å². The quantitative estimate of drug-likeness (QED) is 0.613. The molecule has 1 rings (SSSR count). The number of halogens is 2. The summed E-state index contributed by atoms with van der Waals surface area (Å²) in [4.78, 5) is 11.9. The van der Waals surface area contributed by atoms with Crippen LogP contribution in [0.4, 0.5) is 13.6 Å². The third kappa shape index (κ3) is 1.58. The van der Waals surface area contributed by atoms with Crippen LogP contribution in [0.2, 0.25) is 0 Å². The van der Waals surface area contributed by atoms with Gasteiger partial charge in [-0.3, -0.25) is 0 Å². The molecule has 0 bridgehead atoms. The number of rotatable bonds is 2. The molecule has 0 radical (unpaired) electrons. The minimum Gasteiger partial charge on any atom is -0.438 e. The molecule has 1 unspecified atom stereocenters. The van der Waals surface area contributed by atoms with Crippen molar-refractivity contribution in [3.63, 3.8) is 0 Å². The van der Waals surface area contributed by atoms with E-state index in [1.165, 1.54) is 4.90 Å². The average molecular weight is 165 g/mol. The molecule has 0 N–H and O–H groups in total. The normalized spacial score (nSPS) is 24.5. The molecular weight excluding hydrogens is 156 g/mol. The molecule has 0 aromatic carbocycles. The van der Waals surface area contributed by atoms with Crippen LogP contribution in [0.3, 0.4) is 0 Å². The maximum atomic E-state index is 11.9. The Balaban J connectivity index is 2.49. The summed E-state index contributed by atoms with van der Waals surface area (Å²) in [7, 11) is 0. The molecule has 0 aliphatic carbocycles. The molecule has 1 atom stereocenters. The highest BCUT2D eigenvalue weighted by Crippen LogP contribution is 2.16. The lowest BCUT2D eigenvalue weighted by Crippen LogP contribution is -2.26. The number of carbonyl (C=O) groups excluding carboxylic acids is 1. The molecule has 64 valence electrons. The molecule has 0 aromatic heterocycles. The van der Waals surface area contributed by atoms with E-state index in [1.54, 1.807) is 6.92 Å².